The van der Waals surface area contributed by atoms with E-state index in [2.05, 4.69) is 10.2 Å². The van der Waals surface area contributed by atoms with Crippen LogP contribution in [0.25, 0.3) is 0 Å². The van der Waals surface area contributed by atoms with E-state index in [9.17, 15) is 13.2 Å². The van der Waals surface area contributed by atoms with Gasteiger partial charge in [0, 0.05) is 24.2 Å². The van der Waals surface area contributed by atoms with E-state index < -0.39 is 9.84 Å². The lowest BCUT2D eigenvalue weighted by molar-refractivity contribution is -0.132. The molecule has 4 rings (SSSR count). The minimum atomic E-state index is -3.05. The number of carbonyl (C=O) groups excluding carboxylic acids is 1. The van der Waals surface area contributed by atoms with Gasteiger partial charge in [-0.3, -0.25) is 4.79 Å². The van der Waals surface area contributed by atoms with Crippen LogP contribution in [0.5, 0.6) is 5.75 Å². The fourth-order valence-electron chi connectivity index (χ4n) is 4.36. The van der Waals surface area contributed by atoms with Gasteiger partial charge in [-0.2, -0.15) is 0 Å². The fraction of sp³-hybridized carbons (Fsp3) is 0.571. The Labute approximate surface area is 197 Å². The summed E-state index contributed by atoms with van der Waals surface area (Å²) in [7, 11) is -1.22. The lowest BCUT2D eigenvalue weighted by Gasteiger charge is -2.34. The zero-order chi connectivity index (χ0) is 22.7. The van der Waals surface area contributed by atoms with E-state index in [1.165, 1.54) is 11.8 Å². The Morgan fingerprint density at radius 2 is 1.91 bits per heavy atom. The van der Waals surface area contributed by atoms with Gasteiger partial charge in [0.1, 0.15) is 12.4 Å². The molecule has 1 aromatic carbocycles. The smallest absolute Gasteiger partial charge is 0.233 e. The molecule has 1 saturated carbocycles. The molecule has 2 heterocycles. The number of hydrogen-bond acceptors (Lipinski definition) is 7. The largest absolute Gasteiger partial charge is 0.486 e. The van der Waals surface area contributed by atoms with E-state index in [4.69, 9.17) is 16.3 Å². The molecule has 2 fully saturated rings. The van der Waals surface area contributed by atoms with E-state index in [1.807, 2.05) is 16.5 Å². The topological polar surface area (TPSA) is 94.4 Å². The summed E-state index contributed by atoms with van der Waals surface area (Å²) < 4.78 is 31.6. The summed E-state index contributed by atoms with van der Waals surface area (Å²) in [6.07, 6.45) is 4.60. The molecular formula is C21H27ClN4O4S2. The maximum absolute atomic E-state index is 13.2. The molecule has 0 radical (unpaired) electrons. The number of thioether (sulfide) groups is 1. The first-order valence-electron chi connectivity index (χ1n) is 10.7. The fourth-order valence-corrected chi connectivity index (χ4v) is 7.00. The molecule has 0 bridgehead atoms. The highest BCUT2D eigenvalue weighted by atomic mass is 35.5. The Balaban J connectivity index is 1.37. The summed E-state index contributed by atoms with van der Waals surface area (Å²) >= 11 is 7.21. The van der Waals surface area contributed by atoms with Gasteiger partial charge in [-0.15, -0.1) is 10.2 Å². The highest BCUT2D eigenvalue weighted by Gasteiger charge is 2.39. The molecule has 0 spiro atoms. The van der Waals surface area contributed by atoms with Crippen LogP contribution in [-0.4, -0.2) is 63.3 Å². The summed E-state index contributed by atoms with van der Waals surface area (Å²) in [4.78, 5) is 15.0. The molecule has 2 aromatic rings. The molecule has 8 nitrogen and oxygen atoms in total. The highest BCUT2D eigenvalue weighted by Crippen LogP contribution is 2.30. The van der Waals surface area contributed by atoms with E-state index in [0.29, 0.717) is 28.2 Å². The third-order valence-electron chi connectivity index (χ3n) is 6.04. The molecule has 2 aliphatic rings. The number of amides is 1. The molecule has 11 heteroatoms. The Morgan fingerprint density at radius 1 is 1.19 bits per heavy atom. The van der Waals surface area contributed by atoms with E-state index in [0.717, 1.165) is 25.7 Å². The van der Waals surface area contributed by atoms with Crippen LogP contribution in [-0.2, 0) is 28.3 Å². The van der Waals surface area contributed by atoms with Crippen molar-refractivity contribution in [2.75, 3.05) is 17.3 Å². The second-order valence-electron chi connectivity index (χ2n) is 8.29. The Hall–Kier alpha value is -1.78. The van der Waals surface area contributed by atoms with Crippen LogP contribution in [0.4, 0.5) is 0 Å². The van der Waals surface area contributed by atoms with Gasteiger partial charge < -0.3 is 14.2 Å². The number of halogens is 1. The second kappa shape index (κ2) is 10.0. The van der Waals surface area contributed by atoms with Gasteiger partial charge in [0.15, 0.2) is 20.8 Å². The van der Waals surface area contributed by atoms with Crippen molar-refractivity contribution < 1.29 is 17.9 Å². The first-order chi connectivity index (χ1) is 15.3. The van der Waals surface area contributed by atoms with Crippen LogP contribution in [0.2, 0.25) is 5.02 Å². The third-order valence-corrected chi connectivity index (χ3v) is 9.05. The summed E-state index contributed by atoms with van der Waals surface area (Å²) in [5.41, 5.74) is 0. The van der Waals surface area contributed by atoms with Gasteiger partial charge in [0.2, 0.25) is 5.91 Å². The molecule has 0 unspecified atom stereocenters. The van der Waals surface area contributed by atoms with E-state index in [-0.39, 0.29) is 41.9 Å². The summed E-state index contributed by atoms with van der Waals surface area (Å²) in [5, 5.41) is 9.65. The van der Waals surface area contributed by atoms with Gasteiger partial charge in [0.05, 0.1) is 17.3 Å². The molecule has 1 saturated heterocycles. The summed E-state index contributed by atoms with van der Waals surface area (Å²) in [5.74, 6) is 1.75. The molecule has 1 amide bonds. The zero-order valence-corrected chi connectivity index (χ0v) is 20.3. The molecule has 1 atom stereocenters. The molecule has 174 valence electrons. The van der Waals surface area contributed by atoms with Crippen LogP contribution in [0.1, 0.15) is 37.9 Å². The normalized spacial score (nSPS) is 20.5. The molecule has 1 aliphatic carbocycles. The number of hydrogen-bond donors (Lipinski definition) is 0. The molecule has 1 aromatic heterocycles. The van der Waals surface area contributed by atoms with Crippen LogP contribution in [0, 0.1) is 0 Å². The maximum atomic E-state index is 13.2. The quantitative estimate of drug-likeness (QED) is 0.516. The van der Waals surface area contributed by atoms with Crippen LogP contribution >= 0.6 is 23.4 Å². The molecule has 1 aliphatic heterocycles. The Bertz CT molecular complexity index is 1050. The average Bonchev–Trinajstić information content (AvgIpc) is 3.48. The van der Waals surface area contributed by atoms with Crippen molar-refractivity contribution >= 4 is 39.1 Å². The maximum Gasteiger partial charge on any atom is 0.233 e. The average molecular weight is 499 g/mol. The van der Waals surface area contributed by atoms with E-state index in [1.54, 1.807) is 24.3 Å². The standard InChI is InChI=1S/C21H27ClN4O4S2/c1-25-19(12-30-18-8-6-15(22)7-9-18)23-24-21(25)31-13-20(27)26(16-4-2-3-5-16)17-10-11-32(28,29)14-17/h6-9,16-17H,2-5,10-14H2,1H3/t17-/m1/s1. The Kier molecular flexibility index (Phi) is 7.31. The number of aromatic nitrogens is 3. The van der Waals surface area contributed by atoms with Crippen molar-refractivity contribution in [3.63, 3.8) is 0 Å². The van der Waals surface area contributed by atoms with Crippen molar-refractivity contribution in [1.29, 1.82) is 0 Å². The first kappa shape index (κ1) is 23.4. The second-order valence-corrected chi connectivity index (χ2v) is 11.9. The van der Waals surface area contributed by atoms with Crippen molar-refractivity contribution in [2.45, 2.75) is 56.0 Å². The van der Waals surface area contributed by atoms with Crippen LogP contribution < -0.4 is 4.74 Å². The monoisotopic (exact) mass is 498 g/mol. The van der Waals surface area contributed by atoms with Gasteiger partial charge in [-0.1, -0.05) is 36.2 Å². The molecule has 0 N–H and O–H groups in total. The number of ether oxygens (including phenoxy) is 1. The van der Waals surface area contributed by atoms with Crippen LogP contribution in [0.15, 0.2) is 29.4 Å². The number of sulfone groups is 1. The zero-order valence-electron chi connectivity index (χ0n) is 17.9. The number of nitrogens with zero attached hydrogens (tertiary/aromatic N) is 4. The van der Waals surface area contributed by atoms with Gasteiger partial charge in [-0.25, -0.2) is 8.42 Å². The minimum Gasteiger partial charge on any atom is -0.486 e. The van der Waals surface area contributed by atoms with Gasteiger partial charge in [0.25, 0.3) is 0 Å². The molecular weight excluding hydrogens is 472 g/mol. The highest BCUT2D eigenvalue weighted by molar-refractivity contribution is 7.99. The van der Waals surface area contributed by atoms with Gasteiger partial charge in [-0.05, 0) is 43.5 Å². The predicted octanol–water partition coefficient (Wildman–Crippen LogP) is 3.10. The van der Waals surface area contributed by atoms with Crippen molar-refractivity contribution in [2.24, 2.45) is 7.05 Å². The third kappa shape index (κ3) is 5.58. The number of rotatable bonds is 8. The molecule has 32 heavy (non-hydrogen) atoms. The number of benzene rings is 1. The lowest BCUT2D eigenvalue weighted by Crippen LogP contribution is -2.47. The van der Waals surface area contributed by atoms with Crippen LogP contribution in [0.3, 0.4) is 0 Å². The van der Waals surface area contributed by atoms with Crippen molar-refractivity contribution in [3.05, 3.63) is 35.1 Å². The summed E-state index contributed by atoms with van der Waals surface area (Å²) in [6.45, 7) is 0.244. The van der Waals surface area contributed by atoms with Crippen molar-refractivity contribution in [1.82, 2.24) is 19.7 Å². The van der Waals surface area contributed by atoms with E-state index >= 15 is 0 Å². The SMILES string of the molecule is Cn1c(COc2ccc(Cl)cc2)nnc1SCC(=O)N(C1CCCC1)[C@@H]1CCS(=O)(=O)C1. The van der Waals surface area contributed by atoms with Crippen molar-refractivity contribution in [3.8, 4) is 5.75 Å². The lowest BCUT2D eigenvalue weighted by atomic mass is 10.1. The predicted molar refractivity (Wildman–Crippen MR) is 124 cm³/mol. The number of carbonyl (C=O) groups is 1. The first-order valence-corrected chi connectivity index (χ1v) is 13.9. The minimum absolute atomic E-state index is 0.0223. The Morgan fingerprint density at radius 3 is 2.56 bits per heavy atom. The van der Waals surface area contributed by atoms with Gasteiger partial charge >= 0.3 is 0 Å². The summed E-state index contributed by atoms with van der Waals surface area (Å²) in [6, 6.07) is 7.02.